The molecule has 2 aromatic carbocycles. The van der Waals surface area contributed by atoms with Crippen molar-refractivity contribution in [3.63, 3.8) is 0 Å². The molecule has 0 bridgehead atoms. The third-order valence-corrected chi connectivity index (χ3v) is 11.5. The van der Waals surface area contributed by atoms with Gasteiger partial charge < -0.3 is 4.90 Å². The fraction of sp³-hybridized carbons (Fsp3) is 0.425. The lowest BCUT2D eigenvalue weighted by molar-refractivity contribution is -0.191. The lowest BCUT2D eigenvalue weighted by atomic mass is 9.94. The number of rotatable bonds is 4. The lowest BCUT2D eigenvalue weighted by Crippen LogP contribution is -2.35. The Morgan fingerprint density at radius 1 is 0.685 bits per heavy atom. The third-order valence-electron chi connectivity index (χ3n) is 10.3. The predicted octanol–water partition coefficient (Wildman–Crippen LogP) is 9.59. The van der Waals surface area contributed by atoms with E-state index >= 15 is 0 Å². The van der Waals surface area contributed by atoms with Gasteiger partial charge in [-0.2, -0.15) is 9.59 Å². The van der Waals surface area contributed by atoms with E-state index in [0.29, 0.717) is 22.4 Å². The van der Waals surface area contributed by atoms with E-state index in [0.717, 1.165) is 84.6 Å². The summed E-state index contributed by atoms with van der Waals surface area (Å²) in [5, 5.41) is 0.360. The summed E-state index contributed by atoms with van der Waals surface area (Å²) in [6, 6.07) is 8.10. The largest absolute Gasteiger partial charge is 0.373 e. The second-order valence-electron chi connectivity index (χ2n) is 14.1. The normalized spacial score (nSPS) is 17.7. The predicted molar refractivity (Wildman–Crippen MR) is 217 cm³/mol. The summed E-state index contributed by atoms with van der Waals surface area (Å²) < 4.78 is 2.01. The average Bonchev–Trinajstić information content (AvgIpc) is 3.48. The number of benzene rings is 2. The van der Waals surface area contributed by atoms with Gasteiger partial charge in [-0.05, 0) is 121 Å². The standard InChI is InChI=1S/C23H29BrN4O.C16H15BrClN3O.CO2/c1-6-17-7-9-27(10-8-17)21-19-15(4)23(29)28(22(19)26-16(5)25-21)20-13(2)11-18(24)12-14(20)3;1-7-5-11(17)6-8(2)13(7)21-15-12(9(3)16(21)22)14(18)19-10(4)20-15;2-1-3/h11-12,15,17H,6-10H2,1-5H3;5-6,9H,1-4H3;. The number of hydrogen-bond acceptors (Lipinski definition) is 9. The fourth-order valence-corrected chi connectivity index (χ4v) is 9.51. The average molecular weight is 882 g/mol. The fourth-order valence-electron chi connectivity index (χ4n) is 7.77. The third kappa shape index (κ3) is 7.87. The summed E-state index contributed by atoms with van der Waals surface area (Å²) in [5.41, 5.74) is 7.64. The van der Waals surface area contributed by atoms with Crippen molar-refractivity contribution in [3.05, 3.63) is 83.4 Å². The van der Waals surface area contributed by atoms with Gasteiger partial charge in [0.05, 0.1) is 28.8 Å². The first-order valence-corrected chi connectivity index (χ1v) is 19.9. The van der Waals surface area contributed by atoms with Crippen molar-refractivity contribution < 1.29 is 19.2 Å². The van der Waals surface area contributed by atoms with Crippen LogP contribution in [0, 0.1) is 47.5 Å². The zero-order valence-electron chi connectivity index (χ0n) is 32.0. The molecule has 0 spiro atoms. The van der Waals surface area contributed by atoms with E-state index in [9.17, 15) is 9.59 Å². The molecule has 0 aliphatic carbocycles. The Morgan fingerprint density at radius 3 is 1.48 bits per heavy atom. The van der Waals surface area contributed by atoms with Gasteiger partial charge in [-0.25, -0.2) is 19.9 Å². The number of hydrogen-bond donors (Lipinski definition) is 0. The quantitative estimate of drug-likeness (QED) is 0.184. The molecule has 11 nitrogen and oxygen atoms in total. The molecule has 2 unspecified atom stereocenters. The Kier molecular flexibility index (Phi) is 12.8. The Bertz CT molecular complexity index is 2120. The van der Waals surface area contributed by atoms with Gasteiger partial charge in [0, 0.05) is 27.6 Å². The van der Waals surface area contributed by atoms with Gasteiger partial charge in [-0.3, -0.25) is 19.4 Å². The van der Waals surface area contributed by atoms with Crippen LogP contribution in [0.25, 0.3) is 0 Å². The summed E-state index contributed by atoms with van der Waals surface area (Å²) in [7, 11) is 0. The van der Waals surface area contributed by atoms with Crippen molar-refractivity contribution in [2.75, 3.05) is 27.8 Å². The minimum absolute atomic E-state index is 0.0228. The van der Waals surface area contributed by atoms with Crippen LogP contribution in [0.15, 0.2) is 33.2 Å². The van der Waals surface area contributed by atoms with Crippen LogP contribution in [0.3, 0.4) is 0 Å². The summed E-state index contributed by atoms with van der Waals surface area (Å²) in [6.07, 6.45) is 3.86. The van der Waals surface area contributed by atoms with Gasteiger partial charge in [0.1, 0.15) is 34.3 Å². The highest BCUT2D eigenvalue weighted by Crippen LogP contribution is 2.48. The van der Waals surface area contributed by atoms with Gasteiger partial charge in [0.15, 0.2) is 0 Å². The highest BCUT2D eigenvalue weighted by atomic mass is 79.9. The number of carbonyl (C=O) groups is 2. The number of aromatic nitrogens is 4. The molecule has 1 fully saturated rings. The SMILES string of the molecule is CCC1CCN(c2nc(C)nc3c2C(C)C(=O)N3c2c(C)cc(Br)cc2C)CC1.Cc1nc(Cl)c2c(n1)N(c1c(C)cc(Br)cc1C)C(=O)C2C.O=C=O. The number of amides is 2. The van der Waals surface area contributed by atoms with Crippen LogP contribution in [-0.4, -0.2) is 51.0 Å². The molecule has 2 atom stereocenters. The number of anilines is 5. The number of carbonyl (C=O) groups excluding carboxylic acids is 4. The smallest absolute Gasteiger partial charge is 0.356 e. The molecule has 2 amide bonds. The van der Waals surface area contributed by atoms with E-state index < -0.39 is 0 Å². The Labute approximate surface area is 338 Å². The molecule has 284 valence electrons. The van der Waals surface area contributed by atoms with Crippen LogP contribution in [0.1, 0.15) is 96.9 Å². The number of piperidine rings is 1. The van der Waals surface area contributed by atoms with Crippen molar-refractivity contribution in [2.24, 2.45) is 5.92 Å². The van der Waals surface area contributed by atoms with Crippen molar-refractivity contribution in [2.45, 2.75) is 93.4 Å². The van der Waals surface area contributed by atoms with E-state index in [1.807, 2.05) is 65.5 Å². The highest BCUT2D eigenvalue weighted by molar-refractivity contribution is 9.10. The maximum Gasteiger partial charge on any atom is 0.373 e. The molecular formula is C40H44Br2ClN7O4. The molecule has 0 saturated carbocycles. The van der Waals surface area contributed by atoms with Gasteiger partial charge >= 0.3 is 6.15 Å². The molecule has 0 N–H and O–H groups in total. The zero-order valence-corrected chi connectivity index (χ0v) is 35.9. The molecule has 3 aliphatic heterocycles. The van der Waals surface area contributed by atoms with Crippen LogP contribution in [-0.2, 0) is 19.2 Å². The minimum atomic E-state index is -0.342. The first-order valence-electron chi connectivity index (χ1n) is 17.9. The van der Waals surface area contributed by atoms with Gasteiger partial charge in [0.25, 0.3) is 0 Å². The number of aryl methyl sites for hydroxylation is 6. The summed E-state index contributed by atoms with van der Waals surface area (Å²) >= 11 is 13.3. The first-order chi connectivity index (χ1) is 25.5. The van der Waals surface area contributed by atoms with Gasteiger partial charge in [-0.15, -0.1) is 0 Å². The van der Waals surface area contributed by atoms with E-state index in [1.165, 1.54) is 19.3 Å². The van der Waals surface area contributed by atoms with Crippen molar-refractivity contribution in [3.8, 4) is 0 Å². The minimum Gasteiger partial charge on any atom is -0.356 e. The summed E-state index contributed by atoms with van der Waals surface area (Å²) in [6.45, 7) is 19.9. The van der Waals surface area contributed by atoms with Crippen LogP contribution < -0.4 is 14.7 Å². The summed E-state index contributed by atoms with van der Waals surface area (Å²) in [4.78, 5) is 66.6. The van der Waals surface area contributed by atoms with E-state index in [1.54, 1.807) is 11.8 Å². The second-order valence-corrected chi connectivity index (χ2v) is 16.3. The number of fused-ring (bicyclic) bond motifs is 2. The zero-order chi connectivity index (χ0) is 39.8. The molecule has 54 heavy (non-hydrogen) atoms. The molecule has 1 saturated heterocycles. The lowest BCUT2D eigenvalue weighted by Gasteiger charge is -2.33. The van der Waals surface area contributed by atoms with Crippen LogP contribution in [0.2, 0.25) is 5.15 Å². The number of halogens is 3. The van der Waals surface area contributed by atoms with Crippen molar-refractivity contribution >= 4 is 90.3 Å². The van der Waals surface area contributed by atoms with Crippen LogP contribution >= 0.6 is 43.5 Å². The van der Waals surface area contributed by atoms with E-state index in [4.69, 9.17) is 31.2 Å². The van der Waals surface area contributed by atoms with Crippen molar-refractivity contribution in [1.29, 1.82) is 0 Å². The molecule has 3 aliphatic rings. The molecular weight excluding hydrogens is 838 g/mol. The topological polar surface area (TPSA) is 130 Å². The Balaban J connectivity index is 0.000000200. The van der Waals surface area contributed by atoms with Crippen LogP contribution in [0.4, 0.5) is 28.8 Å². The maximum atomic E-state index is 13.4. The Morgan fingerprint density at radius 2 is 1.06 bits per heavy atom. The van der Waals surface area contributed by atoms with Gasteiger partial charge in [0.2, 0.25) is 11.8 Å². The van der Waals surface area contributed by atoms with E-state index in [-0.39, 0.29) is 29.8 Å². The molecule has 2 aromatic heterocycles. The number of nitrogens with zero attached hydrogens (tertiary/aromatic N) is 7. The first kappa shape index (κ1) is 41.1. The summed E-state index contributed by atoms with van der Waals surface area (Å²) in [5.74, 6) is 3.86. The molecule has 0 radical (unpaired) electrons. The molecule has 7 rings (SSSR count). The molecule has 14 heteroatoms. The van der Waals surface area contributed by atoms with Crippen LogP contribution in [0.5, 0.6) is 0 Å². The van der Waals surface area contributed by atoms with E-state index in [2.05, 4.69) is 65.8 Å². The van der Waals surface area contributed by atoms with Crippen molar-refractivity contribution in [1.82, 2.24) is 19.9 Å². The molecule has 4 aromatic rings. The second kappa shape index (κ2) is 16.8. The Hall–Kier alpha value is -4.03. The van der Waals surface area contributed by atoms with Gasteiger partial charge in [-0.1, -0.05) is 56.8 Å². The monoisotopic (exact) mass is 879 g/mol. The maximum absolute atomic E-state index is 13.4. The highest BCUT2D eigenvalue weighted by Gasteiger charge is 2.42. The molecule has 5 heterocycles.